The lowest BCUT2D eigenvalue weighted by Gasteiger charge is -2.32. The van der Waals surface area contributed by atoms with Gasteiger partial charge in [-0.1, -0.05) is 37.3 Å². The van der Waals surface area contributed by atoms with Crippen LogP contribution in [0.1, 0.15) is 35.7 Å². The number of fused-ring (bicyclic) bond motifs is 1. The molecule has 1 aliphatic heterocycles. The van der Waals surface area contributed by atoms with Crippen LogP contribution in [0.15, 0.2) is 48.5 Å². The molecule has 2 aromatic carbocycles. The minimum Gasteiger partial charge on any atom is -0.454 e. The van der Waals surface area contributed by atoms with Gasteiger partial charge in [0.25, 0.3) is 5.91 Å². The molecular formula is C21H26N2O3. The lowest BCUT2D eigenvalue weighted by molar-refractivity contribution is 0.0669. The number of hydrogen-bond acceptors (Lipinski definition) is 4. The summed E-state index contributed by atoms with van der Waals surface area (Å²) in [6.07, 6.45) is 2.46. The molecule has 1 aliphatic rings. The third-order valence-electron chi connectivity index (χ3n) is 4.60. The van der Waals surface area contributed by atoms with Crippen molar-refractivity contribution in [3.8, 4) is 11.5 Å². The molecule has 5 heteroatoms. The summed E-state index contributed by atoms with van der Waals surface area (Å²) in [4.78, 5) is 15.2. The van der Waals surface area contributed by atoms with Crippen LogP contribution in [0.3, 0.4) is 0 Å². The summed E-state index contributed by atoms with van der Waals surface area (Å²) in [5.41, 5.74) is 7.69. The van der Waals surface area contributed by atoms with Crippen LogP contribution in [-0.2, 0) is 6.42 Å². The minimum absolute atomic E-state index is 0.0135. The highest BCUT2D eigenvalue weighted by molar-refractivity contribution is 5.95. The normalized spacial score (nSPS) is 13.5. The van der Waals surface area contributed by atoms with E-state index in [1.54, 1.807) is 18.2 Å². The van der Waals surface area contributed by atoms with Crippen LogP contribution >= 0.6 is 0 Å². The van der Waals surface area contributed by atoms with E-state index in [4.69, 9.17) is 15.2 Å². The summed E-state index contributed by atoms with van der Waals surface area (Å²) < 4.78 is 10.8. The second-order valence-corrected chi connectivity index (χ2v) is 6.49. The van der Waals surface area contributed by atoms with Crippen LogP contribution in [0.5, 0.6) is 11.5 Å². The Morgan fingerprint density at radius 1 is 1.15 bits per heavy atom. The SMILES string of the molecule is CCCN(C(=O)c1ccc2c(c1)OCO2)[C@H](CCN)Cc1ccccc1. The number of hydrogen-bond donors (Lipinski definition) is 1. The zero-order valence-electron chi connectivity index (χ0n) is 15.2. The van der Waals surface area contributed by atoms with Gasteiger partial charge in [0.2, 0.25) is 6.79 Å². The van der Waals surface area contributed by atoms with Gasteiger partial charge in [0.15, 0.2) is 11.5 Å². The molecule has 0 saturated carbocycles. The second-order valence-electron chi connectivity index (χ2n) is 6.49. The highest BCUT2D eigenvalue weighted by Crippen LogP contribution is 2.33. The highest BCUT2D eigenvalue weighted by Gasteiger charge is 2.25. The van der Waals surface area contributed by atoms with Gasteiger partial charge >= 0.3 is 0 Å². The average Bonchev–Trinajstić information content (AvgIpc) is 3.14. The Bertz CT molecular complexity index is 733. The van der Waals surface area contributed by atoms with E-state index in [9.17, 15) is 4.79 Å². The summed E-state index contributed by atoms with van der Waals surface area (Å²) in [6, 6.07) is 15.7. The molecule has 0 saturated heterocycles. The van der Waals surface area contributed by atoms with E-state index < -0.39 is 0 Å². The van der Waals surface area contributed by atoms with E-state index in [0.717, 1.165) is 19.3 Å². The van der Waals surface area contributed by atoms with E-state index in [2.05, 4.69) is 19.1 Å². The lowest BCUT2D eigenvalue weighted by atomic mass is 10.00. The number of carbonyl (C=O) groups excluding carboxylic acids is 1. The molecule has 2 N–H and O–H groups in total. The van der Waals surface area contributed by atoms with Crippen molar-refractivity contribution < 1.29 is 14.3 Å². The number of carbonyl (C=O) groups is 1. The monoisotopic (exact) mass is 354 g/mol. The number of amides is 1. The standard InChI is InChI=1S/C21H26N2O3/c1-2-12-23(18(10-11-22)13-16-6-4-3-5-7-16)21(24)17-8-9-19-20(14-17)26-15-25-19/h3-9,14,18H,2,10-13,15,22H2,1H3/t18-/m1/s1. The zero-order valence-corrected chi connectivity index (χ0v) is 15.2. The first-order valence-electron chi connectivity index (χ1n) is 9.17. The van der Waals surface area contributed by atoms with E-state index in [-0.39, 0.29) is 18.7 Å². The molecule has 1 amide bonds. The Morgan fingerprint density at radius 2 is 1.92 bits per heavy atom. The quantitative estimate of drug-likeness (QED) is 0.790. The van der Waals surface area contributed by atoms with E-state index in [1.807, 2.05) is 23.1 Å². The van der Waals surface area contributed by atoms with Crippen molar-refractivity contribution in [2.75, 3.05) is 19.9 Å². The lowest BCUT2D eigenvalue weighted by Crippen LogP contribution is -2.43. The molecule has 26 heavy (non-hydrogen) atoms. The smallest absolute Gasteiger partial charge is 0.254 e. The van der Waals surface area contributed by atoms with Crippen LogP contribution in [0.4, 0.5) is 0 Å². The van der Waals surface area contributed by atoms with Crippen molar-refractivity contribution in [1.29, 1.82) is 0 Å². The van der Waals surface area contributed by atoms with Gasteiger partial charge in [-0.2, -0.15) is 0 Å². The summed E-state index contributed by atoms with van der Waals surface area (Å²) in [6.45, 7) is 3.54. The first-order valence-corrected chi connectivity index (χ1v) is 9.17. The first-order chi connectivity index (χ1) is 12.7. The van der Waals surface area contributed by atoms with E-state index in [0.29, 0.717) is 30.2 Å². The van der Waals surface area contributed by atoms with Gasteiger partial charge in [-0.3, -0.25) is 4.79 Å². The summed E-state index contributed by atoms with van der Waals surface area (Å²) in [7, 11) is 0. The molecule has 0 aromatic heterocycles. The molecule has 3 rings (SSSR count). The molecule has 0 aliphatic carbocycles. The molecule has 5 nitrogen and oxygen atoms in total. The number of benzene rings is 2. The third kappa shape index (κ3) is 4.17. The maximum atomic E-state index is 13.2. The number of nitrogens with two attached hydrogens (primary N) is 1. The number of nitrogens with zero attached hydrogens (tertiary/aromatic N) is 1. The maximum Gasteiger partial charge on any atom is 0.254 e. The van der Waals surface area contributed by atoms with Crippen LogP contribution < -0.4 is 15.2 Å². The van der Waals surface area contributed by atoms with Gasteiger partial charge in [-0.25, -0.2) is 0 Å². The molecule has 0 bridgehead atoms. The fourth-order valence-corrected chi connectivity index (χ4v) is 3.33. The average molecular weight is 354 g/mol. The Hall–Kier alpha value is -2.53. The number of ether oxygens (including phenoxy) is 2. The zero-order chi connectivity index (χ0) is 18.4. The second kappa shape index (κ2) is 8.72. The number of rotatable bonds is 8. The molecule has 0 unspecified atom stereocenters. The largest absolute Gasteiger partial charge is 0.454 e. The molecule has 1 heterocycles. The molecule has 0 fully saturated rings. The van der Waals surface area contributed by atoms with Crippen molar-refractivity contribution in [2.45, 2.75) is 32.2 Å². The Labute approximate surface area is 154 Å². The molecule has 0 spiro atoms. The van der Waals surface area contributed by atoms with Crippen molar-refractivity contribution in [2.24, 2.45) is 5.73 Å². The van der Waals surface area contributed by atoms with Gasteiger partial charge in [0.1, 0.15) is 0 Å². The molecule has 2 aromatic rings. The molecule has 0 radical (unpaired) electrons. The van der Waals surface area contributed by atoms with Crippen LogP contribution in [-0.4, -0.2) is 36.7 Å². The fourth-order valence-electron chi connectivity index (χ4n) is 3.33. The minimum atomic E-state index is 0.0135. The molecule has 1 atom stereocenters. The van der Waals surface area contributed by atoms with Crippen molar-refractivity contribution in [1.82, 2.24) is 4.90 Å². The Balaban J connectivity index is 1.83. The summed E-state index contributed by atoms with van der Waals surface area (Å²) >= 11 is 0. The van der Waals surface area contributed by atoms with Gasteiger partial charge in [0.05, 0.1) is 0 Å². The van der Waals surface area contributed by atoms with Gasteiger partial charge in [-0.15, -0.1) is 0 Å². The highest BCUT2D eigenvalue weighted by atomic mass is 16.7. The van der Waals surface area contributed by atoms with Crippen LogP contribution in [0.25, 0.3) is 0 Å². The van der Waals surface area contributed by atoms with Gasteiger partial charge in [-0.05, 0) is 49.6 Å². The Kier molecular flexibility index (Phi) is 6.12. The van der Waals surface area contributed by atoms with Gasteiger partial charge in [0, 0.05) is 18.2 Å². The Morgan fingerprint density at radius 3 is 2.65 bits per heavy atom. The van der Waals surface area contributed by atoms with E-state index in [1.165, 1.54) is 5.56 Å². The van der Waals surface area contributed by atoms with Gasteiger partial charge < -0.3 is 20.1 Å². The summed E-state index contributed by atoms with van der Waals surface area (Å²) in [5, 5.41) is 0. The first kappa shape index (κ1) is 18.3. The molecular weight excluding hydrogens is 328 g/mol. The topological polar surface area (TPSA) is 64.8 Å². The van der Waals surface area contributed by atoms with Crippen LogP contribution in [0, 0.1) is 0 Å². The van der Waals surface area contributed by atoms with Crippen molar-refractivity contribution >= 4 is 5.91 Å². The summed E-state index contributed by atoms with van der Waals surface area (Å²) in [5.74, 6) is 1.33. The fraction of sp³-hybridized carbons (Fsp3) is 0.381. The maximum absolute atomic E-state index is 13.2. The molecule has 138 valence electrons. The third-order valence-corrected chi connectivity index (χ3v) is 4.60. The van der Waals surface area contributed by atoms with Crippen molar-refractivity contribution in [3.63, 3.8) is 0 Å². The van der Waals surface area contributed by atoms with Crippen molar-refractivity contribution in [3.05, 3.63) is 59.7 Å². The van der Waals surface area contributed by atoms with Crippen LogP contribution in [0.2, 0.25) is 0 Å². The predicted octanol–water partition coefficient (Wildman–Crippen LogP) is 3.23. The van der Waals surface area contributed by atoms with E-state index >= 15 is 0 Å². The predicted molar refractivity (Wildman–Crippen MR) is 101 cm³/mol.